The van der Waals surface area contributed by atoms with Crippen molar-refractivity contribution >= 4 is 34.2 Å². The molecule has 2 aromatic rings. The van der Waals surface area contributed by atoms with Gasteiger partial charge in [0.15, 0.2) is 0 Å². The van der Waals surface area contributed by atoms with E-state index in [4.69, 9.17) is 14.9 Å². The molecule has 0 fully saturated rings. The molecule has 2 aromatic carbocycles. The molecule has 2 aliphatic rings. The van der Waals surface area contributed by atoms with E-state index in [1.54, 1.807) is 19.9 Å². The van der Waals surface area contributed by atoms with E-state index in [9.17, 15) is 57.5 Å². The second kappa shape index (κ2) is 11.8. The Morgan fingerprint density at radius 3 is 1.44 bits per heavy atom. The van der Waals surface area contributed by atoms with E-state index >= 15 is 0 Å². The largest absolute Gasteiger partial charge is 0.534 e. The Kier molecular flexibility index (Phi) is 9.21. The van der Waals surface area contributed by atoms with Crippen LogP contribution >= 0.6 is 0 Å². The predicted octanol–water partition coefficient (Wildman–Crippen LogP) is 6.11. The molecule has 0 amide bonds. The van der Waals surface area contributed by atoms with Gasteiger partial charge in [0.2, 0.25) is 12.2 Å². The van der Waals surface area contributed by atoms with Gasteiger partial charge in [0.1, 0.15) is 17.2 Å². The van der Waals surface area contributed by atoms with Crippen molar-refractivity contribution in [2.75, 3.05) is 0 Å². The van der Waals surface area contributed by atoms with Gasteiger partial charge >= 0.3 is 39.9 Å². The minimum absolute atomic E-state index is 0.0513. The number of hydrogen-bond donors (Lipinski definition) is 2. The lowest BCUT2D eigenvalue weighted by Gasteiger charge is -2.27. The van der Waals surface area contributed by atoms with Crippen molar-refractivity contribution in [3.63, 3.8) is 0 Å². The topological polar surface area (TPSA) is 136 Å². The van der Waals surface area contributed by atoms with Crippen LogP contribution < -0.4 is 13.7 Å². The number of rotatable bonds is 4. The van der Waals surface area contributed by atoms with E-state index in [2.05, 4.69) is 8.92 Å². The van der Waals surface area contributed by atoms with E-state index in [0.29, 0.717) is 17.7 Å². The van der Waals surface area contributed by atoms with Crippen LogP contribution in [0.15, 0.2) is 35.4 Å². The van der Waals surface area contributed by atoms with Crippen molar-refractivity contribution < 1.29 is 81.4 Å². The molecule has 2 unspecified atom stereocenters. The highest BCUT2D eigenvalue weighted by Crippen LogP contribution is 2.41. The molecule has 0 radical (unpaired) electrons. The average molecular weight is 678 g/mol. The fourth-order valence-electron chi connectivity index (χ4n) is 3.89. The summed E-state index contributed by atoms with van der Waals surface area (Å²) in [6.07, 6.45) is -13.6. The number of hydrogen-bond acceptors (Lipinski definition) is 7. The predicted molar refractivity (Wildman–Crippen MR) is 135 cm³/mol. The van der Waals surface area contributed by atoms with Crippen molar-refractivity contribution in [1.82, 2.24) is 0 Å². The van der Waals surface area contributed by atoms with Crippen LogP contribution in [0.1, 0.15) is 27.8 Å². The maximum Gasteiger partial charge on any atom is 0.534 e. The van der Waals surface area contributed by atoms with E-state index < -0.39 is 74.8 Å². The van der Waals surface area contributed by atoms with Crippen LogP contribution in [0, 0.1) is 20.8 Å². The SMILES string of the molecule is Cc1cc2c(cc1C)OC(C(F)(F)F)C(C(=O)O)=C2.Cc1cc2c(cc1OS(=O)(=O)C(F)(F)F)OC(C(F)(F)F)C(C(=O)O)=C2. The summed E-state index contributed by atoms with van der Waals surface area (Å²) in [4.78, 5) is 21.9. The molecule has 0 saturated carbocycles. The first kappa shape index (κ1) is 35.1. The molecule has 0 bridgehead atoms. The van der Waals surface area contributed by atoms with Gasteiger partial charge in [-0.05, 0) is 67.8 Å². The Morgan fingerprint density at radius 1 is 0.689 bits per heavy atom. The third-order valence-corrected chi connectivity index (χ3v) is 7.15. The Bertz CT molecular complexity index is 1700. The standard InChI is InChI=1S/C13H8F6O6S.C13H11F3O3/c1-5-2-6-3-7(11(20)21)10(12(14,15)16)24-9(6)4-8(5)25-26(22,23)13(17,18)19;1-6-3-8-5-9(12(17)18)11(13(14,15)16)19-10(8)4-7(6)2/h2-4,10H,1H3,(H,20,21);3-5,11H,1-2H3,(H,17,18). The highest BCUT2D eigenvalue weighted by atomic mass is 32.2. The molecule has 2 aliphatic heterocycles. The third kappa shape index (κ3) is 7.63. The Hall–Kier alpha value is -4.42. The van der Waals surface area contributed by atoms with Crippen LogP contribution in [-0.2, 0) is 19.7 Å². The van der Waals surface area contributed by atoms with Crippen molar-refractivity contribution in [2.24, 2.45) is 0 Å². The zero-order chi connectivity index (χ0) is 34.4. The zero-order valence-corrected chi connectivity index (χ0v) is 23.5. The van der Waals surface area contributed by atoms with Gasteiger partial charge in [-0.15, -0.1) is 0 Å². The second-order valence-electron chi connectivity index (χ2n) is 9.50. The minimum Gasteiger partial charge on any atom is -0.478 e. The number of carboxylic acid groups (broad SMARTS) is 2. The molecule has 2 N–H and O–H groups in total. The summed E-state index contributed by atoms with van der Waals surface area (Å²) in [5.41, 5.74) is -6.10. The summed E-state index contributed by atoms with van der Waals surface area (Å²) >= 11 is 0. The van der Waals surface area contributed by atoms with E-state index in [1.165, 1.54) is 6.07 Å². The second-order valence-corrected chi connectivity index (χ2v) is 11.0. The number of aliphatic carboxylic acids is 2. The first-order valence-electron chi connectivity index (χ1n) is 12.0. The summed E-state index contributed by atoms with van der Waals surface area (Å²) in [6, 6.07) is 4.55. The summed E-state index contributed by atoms with van der Waals surface area (Å²) in [7, 11) is -6.05. The molecule has 19 heteroatoms. The van der Waals surface area contributed by atoms with Crippen LogP contribution in [0.5, 0.6) is 17.2 Å². The number of carboxylic acids is 2. The first-order chi connectivity index (χ1) is 20.3. The molecular formula is C26H19F9O9S. The molecule has 4 rings (SSSR count). The molecular weight excluding hydrogens is 659 g/mol. The zero-order valence-electron chi connectivity index (χ0n) is 22.7. The van der Waals surface area contributed by atoms with Crippen LogP contribution in [0.4, 0.5) is 39.5 Å². The van der Waals surface area contributed by atoms with Crippen LogP contribution in [-0.4, -0.2) is 60.6 Å². The molecule has 2 atom stereocenters. The molecule has 9 nitrogen and oxygen atoms in total. The van der Waals surface area contributed by atoms with Gasteiger partial charge in [0.05, 0.1) is 11.1 Å². The number of carbonyl (C=O) groups is 2. The van der Waals surface area contributed by atoms with Crippen LogP contribution in [0.25, 0.3) is 12.2 Å². The van der Waals surface area contributed by atoms with Gasteiger partial charge in [0.25, 0.3) is 0 Å². The Balaban J connectivity index is 0.000000257. The van der Waals surface area contributed by atoms with E-state index in [1.807, 2.05) is 0 Å². The van der Waals surface area contributed by atoms with E-state index in [-0.39, 0.29) is 16.9 Å². The first-order valence-corrected chi connectivity index (χ1v) is 13.4. The number of alkyl halides is 9. The summed E-state index contributed by atoms with van der Waals surface area (Å²) in [5.74, 6) is -5.08. The van der Waals surface area contributed by atoms with Crippen molar-refractivity contribution in [2.45, 2.75) is 50.8 Å². The fraction of sp³-hybridized carbons (Fsp3) is 0.308. The van der Waals surface area contributed by atoms with Gasteiger partial charge in [0, 0.05) is 17.2 Å². The molecule has 45 heavy (non-hydrogen) atoms. The van der Waals surface area contributed by atoms with Crippen molar-refractivity contribution in [1.29, 1.82) is 0 Å². The summed E-state index contributed by atoms with van der Waals surface area (Å²) in [6.45, 7) is 4.66. The Labute approximate surface area is 247 Å². The maximum absolute atomic E-state index is 12.9. The molecule has 0 aliphatic carbocycles. The van der Waals surface area contributed by atoms with Crippen LogP contribution in [0.2, 0.25) is 0 Å². The molecule has 2 heterocycles. The Morgan fingerprint density at radius 2 is 1.07 bits per heavy atom. The lowest BCUT2D eigenvalue weighted by atomic mass is 9.98. The lowest BCUT2D eigenvalue weighted by Crippen LogP contribution is -2.40. The number of benzene rings is 2. The van der Waals surface area contributed by atoms with Gasteiger partial charge in [-0.1, -0.05) is 0 Å². The van der Waals surface area contributed by atoms with Gasteiger partial charge in [-0.2, -0.15) is 47.9 Å². The summed E-state index contributed by atoms with van der Waals surface area (Å²) in [5, 5.41) is 17.8. The fourth-order valence-corrected chi connectivity index (χ4v) is 4.40. The normalized spacial score (nSPS) is 18.0. The minimum atomic E-state index is -6.05. The smallest absolute Gasteiger partial charge is 0.478 e. The number of fused-ring (bicyclic) bond motifs is 2. The quantitative estimate of drug-likeness (QED) is 0.223. The van der Waals surface area contributed by atoms with Gasteiger partial charge < -0.3 is 23.9 Å². The van der Waals surface area contributed by atoms with Crippen molar-refractivity contribution in [3.05, 3.63) is 63.2 Å². The van der Waals surface area contributed by atoms with Gasteiger partial charge in [-0.25, -0.2) is 9.59 Å². The lowest BCUT2D eigenvalue weighted by molar-refractivity contribution is -0.187. The third-order valence-electron chi connectivity index (χ3n) is 6.18. The molecule has 246 valence electrons. The monoisotopic (exact) mass is 678 g/mol. The highest BCUT2D eigenvalue weighted by molar-refractivity contribution is 7.88. The van der Waals surface area contributed by atoms with Crippen LogP contribution in [0.3, 0.4) is 0 Å². The van der Waals surface area contributed by atoms with Crippen molar-refractivity contribution in [3.8, 4) is 17.2 Å². The molecule has 0 spiro atoms. The van der Waals surface area contributed by atoms with Gasteiger partial charge in [-0.3, -0.25) is 0 Å². The molecule has 0 saturated heterocycles. The molecule has 0 aromatic heterocycles. The van der Waals surface area contributed by atoms with E-state index in [0.717, 1.165) is 30.2 Å². The maximum atomic E-state index is 12.9. The number of ether oxygens (including phenoxy) is 2. The number of halogens is 9. The highest BCUT2D eigenvalue weighted by Gasteiger charge is 2.51. The average Bonchev–Trinajstić information content (AvgIpc) is 2.87. The summed E-state index contributed by atoms with van der Waals surface area (Å²) < 4.78 is 150. The number of aryl methyl sites for hydroxylation is 3.